The second-order valence-electron chi connectivity index (χ2n) is 7.42. The van der Waals surface area contributed by atoms with Crippen LogP contribution < -0.4 is 0 Å². The minimum absolute atomic E-state index is 0.101. The molecule has 4 rings (SSSR count). The van der Waals surface area contributed by atoms with Crippen LogP contribution in [0.5, 0.6) is 0 Å². The third-order valence-corrected chi connectivity index (χ3v) is 6.55. The van der Waals surface area contributed by atoms with Gasteiger partial charge in [-0.2, -0.15) is 13.2 Å². The zero-order valence-corrected chi connectivity index (χ0v) is 16.1. The van der Waals surface area contributed by atoms with Crippen molar-refractivity contribution in [1.82, 2.24) is 9.88 Å². The molecule has 1 amide bonds. The largest absolute Gasteiger partial charge is 0.490 e. The predicted octanol–water partition coefficient (Wildman–Crippen LogP) is 2.82. The predicted molar refractivity (Wildman–Crippen MR) is 96.0 cm³/mol. The van der Waals surface area contributed by atoms with E-state index in [1.807, 2.05) is 23.9 Å². The molecule has 1 aliphatic carbocycles. The lowest BCUT2D eigenvalue weighted by Crippen LogP contribution is -2.62. The number of thioether (sulfide) groups is 1. The van der Waals surface area contributed by atoms with Crippen LogP contribution in [0.3, 0.4) is 0 Å². The lowest BCUT2D eigenvalue weighted by atomic mass is 9.92. The van der Waals surface area contributed by atoms with E-state index in [1.54, 1.807) is 17.3 Å². The van der Waals surface area contributed by atoms with Crippen molar-refractivity contribution >= 4 is 23.6 Å². The molecule has 0 radical (unpaired) electrons. The molecule has 1 saturated carbocycles. The number of ether oxygens (including phenoxy) is 1. The summed E-state index contributed by atoms with van der Waals surface area (Å²) in [5, 5.41) is 7.12. The summed E-state index contributed by atoms with van der Waals surface area (Å²) in [6, 6.07) is 3.91. The Labute approximate surface area is 168 Å². The zero-order valence-electron chi connectivity index (χ0n) is 15.3. The number of hydrogen-bond donors (Lipinski definition) is 1. The van der Waals surface area contributed by atoms with E-state index >= 15 is 0 Å². The fraction of sp³-hybridized carbons (Fsp3) is 0.611. The third-order valence-electron chi connectivity index (χ3n) is 4.97. The molecule has 2 aliphatic heterocycles. The minimum Gasteiger partial charge on any atom is -0.475 e. The van der Waals surface area contributed by atoms with Gasteiger partial charge in [0.15, 0.2) is 5.67 Å². The molecule has 1 unspecified atom stereocenters. The number of nitrogens with zero attached hydrogens (tertiary/aromatic N) is 2. The van der Waals surface area contributed by atoms with Crippen LogP contribution in [0.15, 0.2) is 24.5 Å². The van der Waals surface area contributed by atoms with Gasteiger partial charge in [-0.25, -0.2) is 9.18 Å². The van der Waals surface area contributed by atoms with Gasteiger partial charge in [-0.1, -0.05) is 0 Å². The highest BCUT2D eigenvalue weighted by Gasteiger charge is 2.59. The van der Waals surface area contributed by atoms with E-state index in [0.717, 1.165) is 17.7 Å². The number of pyridine rings is 1. The number of likely N-dealkylation sites (tertiary alicyclic amines) is 1. The molecular weight excluding hydrogens is 416 g/mol. The maximum atomic E-state index is 13.8. The number of aliphatic carboxylic acids is 1. The Morgan fingerprint density at radius 3 is 2.38 bits per heavy atom. The number of halogens is 4. The van der Waals surface area contributed by atoms with Crippen molar-refractivity contribution in [1.29, 1.82) is 0 Å². The van der Waals surface area contributed by atoms with Gasteiger partial charge in [0.05, 0.1) is 17.5 Å². The number of carboxylic acids is 1. The smallest absolute Gasteiger partial charge is 0.475 e. The summed E-state index contributed by atoms with van der Waals surface area (Å²) in [6.07, 6.45) is 0.426. The second-order valence-corrected chi connectivity index (χ2v) is 8.90. The summed E-state index contributed by atoms with van der Waals surface area (Å²) in [7, 11) is 0. The van der Waals surface area contributed by atoms with Crippen LogP contribution in [0, 0.1) is 0 Å². The molecule has 11 heteroatoms. The van der Waals surface area contributed by atoms with E-state index in [0.29, 0.717) is 32.5 Å². The number of carboxylic acid groups (broad SMARTS) is 1. The fourth-order valence-corrected chi connectivity index (χ4v) is 4.77. The number of carbonyl (C=O) groups is 2. The lowest BCUT2D eigenvalue weighted by Gasteiger charge is -2.48. The van der Waals surface area contributed by atoms with Gasteiger partial charge in [-0.15, -0.1) is 11.8 Å². The Kier molecular flexibility index (Phi) is 6.09. The number of alkyl halides is 4. The van der Waals surface area contributed by atoms with Gasteiger partial charge in [0.2, 0.25) is 0 Å². The van der Waals surface area contributed by atoms with Crippen LogP contribution in [0.4, 0.5) is 17.6 Å². The van der Waals surface area contributed by atoms with Crippen LogP contribution in [-0.2, 0) is 20.9 Å². The lowest BCUT2D eigenvalue weighted by molar-refractivity contribution is -0.192. The molecule has 3 heterocycles. The van der Waals surface area contributed by atoms with E-state index in [2.05, 4.69) is 4.98 Å². The Balaban J connectivity index is 0.000000298. The number of rotatable bonds is 4. The topological polar surface area (TPSA) is 79.7 Å². The van der Waals surface area contributed by atoms with Gasteiger partial charge in [-0.05, 0) is 37.0 Å². The first-order valence-corrected chi connectivity index (χ1v) is 9.94. The average Bonchev–Trinajstić information content (AvgIpc) is 3.25. The molecule has 29 heavy (non-hydrogen) atoms. The molecule has 1 N–H and O–H groups in total. The van der Waals surface area contributed by atoms with Crippen molar-refractivity contribution < 1.29 is 37.0 Å². The number of amides is 1. The van der Waals surface area contributed by atoms with Crippen LogP contribution in [0.1, 0.15) is 24.8 Å². The summed E-state index contributed by atoms with van der Waals surface area (Å²) >= 11 is 1.87. The summed E-state index contributed by atoms with van der Waals surface area (Å²) in [5.74, 6) is -2.10. The molecule has 1 aromatic heterocycles. The molecule has 1 spiro atoms. The molecule has 2 saturated heterocycles. The maximum Gasteiger partial charge on any atom is 0.490 e. The van der Waals surface area contributed by atoms with E-state index < -0.39 is 17.8 Å². The Bertz CT molecular complexity index is 752. The third kappa shape index (κ3) is 5.39. The van der Waals surface area contributed by atoms with Crippen molar-refractivity contribution in [2.75, 3.05) is 18.8 Å². The quantitative estimate of drug-likeness (QED) is 0.732. The van der Waals surface area contributed by atoms with Gasteiger partial charge >= 0.3 is 12.1 Å². The summed E-state index contributed by atoms with van der Waals surface area (Å²) in [5.41, 5.74) is -0.401. The van der Waals surface area contributed by atoms with Gasteiger partial charge in [-0.3, -0.25) is 9.78 Å². The Morgan fingerprint density at radius 2 is 1.86 bits per heavy atom. The van der Waals surface area contributed by atoms with Gasteiger partial charge in [0, 0.05) is 31.2 Å². The van der Waals surface area contributed by atoms with Crippen molar-refractivity contribution in [2.45, 2.75) is 48.6 Å². The normalized spacial score (nSPS) is 23.7. The summed E-state index contributed by atoms with van der Waals surface area (Å²) < 4.78 is 51.6. The van der Waals surface area contributed by atoms with E-state index in [9.17, 15) is 22.4 Å². The Hall–Kier alpha value is -1.88. The summed E-state index contributed by atoms with van der Waals surface area (Å²) in [6.45, 7) is 1.95. The molecule has 6 nitrogen and oxygen atoms in total. The fourth-order valence-electron chi connectivity index (χ4n) is 3.22. The minimum atomic E-state index is -5.08. The second kappa shape index (κ2) is 8.10. The highest BCUT2D eigenvalue weighted by Crippen LogP contribution is 2.49. The molecular formula is C18H20F4N2O4S. The molecule has 0 aromatic carbocycles. The first-order valence-electron chi connectivity index (χ1n) is 8.96. The number of hydrogen-bond acceptors (Lipinski definition) is 5. The molecule has 3 aliphatic rings. The first kappa shape index (κ1) is 21.8. The Morgan fingerprint density at radius 1 is 1.28 bits per heavy atom. The average molecular weight is 436 g/mol. The number of aromatic nitrogens is 1. The van der Waals surface area contributed by atoms with E-state index in [4.69, 9.17) is 14.6 Å². The first-order chi connectivity index (χ1) is 13.5. The molecule has 0 bridgehead atoms. The van der Waals surface area contributed by atoms with Crippen LogP contribution in [0.2, 0.25) is 0 Å². The van der Waals surface area contributed by atoms with Crippen molar-refractivity contribution in [3.05, 3.63) is 30.1 Å². The van der Waals surface area contributed by atoms with Crippen molar-refractivity contribution in [3.8, 4) is 0 Å². The van der Waals surface area contributed by atoms with Crippen LogP contribution in [-0.4, -0.2) is 68.4 Å². The molecule has 160 valence electrons. The molecule has 1 aromatic rings. The van der Waals surface area contributed by atoms with Crippen molar-refractivity contribution in [2.24, 2.45) is 0 Å². The van der Waals surface area contributed by atoms with Gasteiger partial charge < -0.3 is 14.7 Å². The van der Waals surface area contributed by atoms with Crippen LogP contribution >= 0.6 is 11.8 Å². The molecule has 1 atom stereocenters. The number of carbonyl (C=O) groups excluding carboxylic acids is 1. The highest BCUT2D eigenvalue weighted by atomic mass is 32.2. The highest BCUT2D eigenvalue weighted by molar-refractivity contribution is 8.01. The van der Waals surface area contributed by atoms with Gasteiger partial charge in [0.25, 0.3) is 5.91 Å². The maximum absolute atomic E-state index is 13.8. The van der Waals surface area contributed by atoms with Crippen LogP contribution in [0.25, 0.3) is 0 Å². The van der Waals surface area contributed by atoms with Crippen molar-refractivity contribution in [3.63, 3.8) is 0 Å². The summed E-state index contributed by atoms with van der Waals surface area (Å²) in [4.78, 5) is 26.5. The SMILES string of the molecule is O=C(N1CC2(CC(OCc3ccncc3)CS2)C1)C1(F)CC1.O=C(O)C(F)(F)F. The van der Waals surface area contributed by atoms with E-state index in [1.165, 1.54) is 0 Å². The van der Waals surface area contributed by atoms with E-state index in [-0.39, 0.29) is 16.8 Å². The van der Waals surface area contributed by atoms with Gasteiger partial charge in [0.1, 0.15) is 0 Å². The zero-order chi connectivity index (χ0) is 21.3. The standard InChI is InChI=1S/C16H19FN2O2S.C2HF3O2/c17-16(3-4-16)14(20)19-10-15(11-19)7-13(9-22-15)21-8-12-1-5-18-6-2-12;3-2(4,5)1(6)7/h1-2,5-6,13H,3-4,7-11H2;(H,6,7). The molecule has 3 fully saturated rings. The monoisotopic (exact) mass is 436 g/mol.